The molecule has 2 saturated carbocycles. The predicted molar refractivity (Wildman–Crippen MR) is 86.0 cm³/mol. The normalized spacial score (nSPS) is 40.3. The van der Waals surface area contributed by atoms with Crippen molar-refractivity contribution in [3.05, 3.63) is 39.4 Å². The highest BCUT2D eigenvalue weighted by Crippen LogP contribution is 2.61. The number of aliphatic hydroxyl groups excluding tert-OH is 1. The first-order valence-electron chi connectivity index (χ1n) is 8.71. The summed E-state index contributed by atoms with van der Waals surface area (Å²) in [5.41, 5.74) is 1.82. The Balaban J connectivity index is 1.78. The van der Waals surface area contributed by atoms with Crippen molar-refractivity contribution in [2.45, 2.75) is 57.2 Å². The number of aryl methyl sites for hydroxylation is 1. The quantitative estimate of drug-likeness (QED) is 0.641. The van der Waals surface area contributed by atoms with Crippen LogP contribution in [0, 0.1) is 27.4 Å². The van der Waals surface area contributed by atoms with Crippen molar-refractivity contribution < 1.29 is 20.1 Å². The third kappa shape index (κ3) is 2.19. The van der Waals surface area contributed by atoms with Crippen LogP contribution in [0.5, 0.6) is 5.75 Å². The maximum Gasteiger partial charge on any atom is 0.294 e. The number of rotatable bonds is 2. The zero-order valence-corrected chi connectivity index (χ0v) is 13.7. The molecule has 0 bridgehead atoms. The number of fused-ring (bicyclic) bond motifs is 5. The molecule has 0 spiro atoms. The lowest BCUT2D eigenvalue weighted by molar-refractivity contribution is -0.771. The Morgan fingerprint density at radius 1 is 1.33 bits per heavy atom. The molecule has 0 radical (unpaired) electrons. The van der Waals surface area contributed by atoms with Crippen molar-refractivity contribution in [1.82, 2.24) is 0 Å². The largest absolute Gasteiger partial charge is 0.508 e. The molecular weight excluding hydrogens is 310 g/mol. The monoisotopic (exact) mass is 333 g/mol. The average molecular weight is 333 g/mol. The minimum Gasteiger partial charge on any atom is -0.508 e. The van der Waals surface area contributed by atoms with Gasteiger partial charge < -0.3 is 15.1 Å². The first-order valence-corrected chi connectivity index (χ1v) is 8.71. The summed E-state index contributed by atoms with van der Waals surface area (Å²) >= 11 is 0. The molecule has 1 unspecified atom stereocenters. The van der Waals surface area contributed by atoms with Gasteiger partial charge in [0.1, 0.15) is 11.9 Å². The number of phenols is 1. The van der Waals surface area contributed by atoms with E-state index in [9.17, 15) is 20.3 Å². The van der Waals surface area contributed by atoms with E-state index in [0.717, 1.165) is 36.8 Å². The van der Waals surface area contributed by atoms with Gasteiger partial charge in [0.15, 0.2) is 0 Å². The van der Waals surface area contributed by atoms with Crippen LogP contribution in [0.15, 0.2) is 18.2 Å². The van der Waals surface area contributed by atoms with Crippen molar-refractivity contribution >= 4 is 0 Å². The topological polar surface area (TPSA) is 92.8 Å². The summed E-state index contributed by atoms with van der Waals surface area (Å²) < 4.78 is 0. The molecule has 0 heterocycles. The Morgan fingerprint density at radius 2 is 2.12 bits per heavy atom. The second-order valence-electron chi connectivity index (χ2n) is 7.89. The molecule has 3 aliphatic carbocycles. The first-order chi connectivity index (χ1) is 11.4. The summed E-state index contributed by atoms with van der Waals surface area (Å²) in [4.78, 5) is 16.2. The lowest BCUT2D eigenvalue weighted by atomic mass is 9.54. The fraction of sp³-hybridized carbons (Fsp3) is 0.667. The summed E-state index contributed by atoms with van der Waals surface area (Å²) in [6, 6.07) is 5.32. The number of benzene rings is 1. The maximum atomic E-state index is 11.1. The van der Waals surface area contributed by atoms with E-state index >= 15 is 0 Å². The molecule has 6 atom stereocenters. The van der Waals surface area contributed by atoms with Gasteiger partial charge in [0.2, 0.25) is 0 Å². The van der Waals surface area contributed by atoms with Crippen LogP contribution in [0.3, 0.4) is 0 Å². The van der Waals surface area contributed by atoms with Gasteiger partial charge in [0.05, 0.1) is 6.10 Å². The molecule has 24 heavy (non-hydrogen) atoms. The SMILES string of the molecule is C[C@]12CC(O[N+](=O)[O-])[C@@H]3c4ccc(O)cc4CC[C@@H]3[C@@H]1CC[C@@H]2O. The van der Waals surface area contributed by atoms with Crippen LogP contribution in [0.2, 0.25) is 0 Å². The zero-order valence-electron chi connectivity index (χ0n) is 13.7. The van der Waals surface area contributed by atoms with Crippen LogP contribution in [0.1, 0.15) is 49.7 Å². The number of phenolic OH excluding ortho intramolecular Hbond substituents is 1. The summed E-state index contributed by atoms with van der Waals surface area (Å²) in [5.74, 6) is 0.841. The van der Waals surface area contributed by atoms with E-state index in [0.29, 0.717) is 12.3 Å². The molecule has 130 valence electrons. The van der Waals surface area contributed by atoms with Gasteiger partial charge in [-0.15, -0.1) is 10.1 Å². The maximum absolute atomic E-state index is 11.1. The van der Waals surface area contributed by atoms with Crippen molar-refractivity contribution in [2.24, 2.45) is 17.3 Å². The molecule has 1 aromatic carbocycles. The first kappa shape index (κ1) is 15.7. The Morgan fingerprint density at radius 3 is 2.88 bits per heavy atom. The second-order valence-corrected chi connectivity index (χ2v) is 7.89. The number of hydrogen-bond acceptors (Lipinski definition) is 5. The lowest BCUT2D eigenvalue weighted by Gasteiger charge is -2.52. The van der Waals surface area contributed by atoms with Gasteiger partial charge in [0.25, 0.3) is 5.09 Å². The van der Waals surface area contributed by atoms with Crippen molar-refractivity contribution in [3.63, 3.8) is 0 Å². The molecule has 0 saturated heterocycles. The van der Waals surface area contributed by atoms with Crippen LogP contribution in [-0.2, 0) is 11.3 Å². The van der Waals surface area contributed by atoms with Crippen LogP contribution >= 0.6 is 0 Å². The Bertz CT molecular complexity index is 677. The van der Waals surface area contributed by atoms with E-state index in [2.05, 4.69) is 6.92 Å². The summed E-state index contributed by atoms with van der Waals surface area (Å²) in [6.45, 7) is 2.06. The predicted octanol–water partition coefficient (Wildman–Crippen LogP) is 2.80. The second kappa shape index (κ2) is 5.34. The highest BCUT2D eigenvalue weighted by molar-refractivity contribution is 5.41. The Kier molecular flexibility index (Phi) is 3.49. The van der Waals surface area contributed by atoms with E-state index in [1.54, 1.807) is 12.1 Å². The fourth-order valence-corrected chi connectivity index (χ4v) is 5.80. The molecule has 4 rings (SSSR count). The standard InChI is InChI=1S/C18H23NO5/c1-18-9-15(24-19(22)23)17-12-5-3-11(20)8-10(12)2-4-13(17)14(18)6-7-16(18)21/h3,5,8,13-17,20-21H,2,4,6-7,9H2,1H3/t13-,14+,15?,16+,17-,18+/m1/s1. The zero-order chi connectivity index (χ0) is 17.1. The van der Waals surface area contributed by atoms with Gasteiger partial charge in [-0.3, -0.25) is 0 Å². The molecule has 1 aromatic rings. The third-order valence-electron chi connectivity index (χ3n) is 6.83. The highest BCUT2D eigenvalue weighted by Gasteiger charge is 2.58. The number of aromatic hydroxyl groups is 1. The number of nitrogens with zero attached hydrogens (tertiary/aromatic N) is 1. The minimum atomic E-state index is -0.693. The van der Waals surface area contributed by atoms with Gasteiger partial charge in [0, 0.05) is 5.92 Å². The van der Waals surface area contributed by atoms with E-state index < -0.39 is 17.3 Å². The van der Waals surface area contributed by atoms with Crippen molar-refractivity contribution in [1.29, 1.82) is 0 Å². The molecule has 6 heteroatoms. The van der Waals surface area contributed by atoms with Crippen LogP contribution in [-0.4, -0.2) is 27.5 Å². The minimum absolute atomic E-state index is 0.0388. The van der Waals surface area contributed by atoms with E-state index in [-0.39, 0.29) is 23.0 Å². The van der Waals surface area contributed by atoms with Crippen molar-refractivity contribution in [2.75, 3.05) is 0 Å². The lowest BCUT2D eigenvalue weighted by Crippen LogP contribution is -2.51. The smallest absolute Gasteiger partial charge is 0.294 e. The summed E-state index contributed by atoms with van der Waals surface area (Å²) in [7, 11) is 0. The molecule has 0 amide bonds. The highest BCUT2D eigenvalue weighted by atomic mass is 17.0. The molecule has 2 N–H and O–H groups in total. The van der Waals surface area contributed by atoms with Gasteiger partial charge in [-0.05, 0) is 72.6 Å². The van der Waals surface area contributed by atoms with Crippen molar-refractivity contribution in [3.8, 4) is 5.75 Å². The van der Waals surface area contributed by atoms with E-state index in [4.69, 9.17) is 4.84 Å². The molecule has 6 nitrogen and oxygen atoms in total. The van der Waals surface area contributed by atoms with Crippen LogP contribution < -0.4 is 0 Å². The Hall–Kier alpha value is -1.82. The molecule has 0 aromatic heterocycles. The molecule has 0 aliphatic heterocycles. The van der Waals surface area contributed by atoms with E-state index in [1.807, 2.05) is 6.07 Å². The van der Waals surface area contributed by atoms with Gasteiger partial charge in [-0.2, -0.15) is 0 Å². The van der Waals surface area contributed by atoms with Gasteiger partial charge in [-0.1, -0.05) is 13.0 Å². The molecule has 2 fully saturated rings. The summed E-state index contributed by atoms with van der Waals surface area (Å²) in [6.07, 6.45) is 3.06. The van der Waals surface area contributed by atoms with E-state index in [1.165, 1.54) is 0 Å². The average Bonchev–Trinajstić information content (AvgIpc) is 2.81. The number of hydrogen-bond donors (Lipinski definition) is 2. The van der Waals surface area contributed by atoms with Crippen LogP contribution in [0.4, 0.5) is 0 Å². The number of aliphatic hydroxyl groups is 1. The third-order valence-corrected chi connectivity index (χ3v) is 6.83. The van der Waals surface area contributed by atoms with Gasteiger partial charge in [-0.25, -0.2) is 0 Å². The fourth-order valence-electron chi connectivity index (χ4n) is 5.80. The van der Waals surface area contributed by atoms with Gasteiger partial charge >= 0.3 is 0 Å². The molecular formula is C18H23NO5. The van der Waals surface area contributed by atoms with Crippen LogP contribution in [0.25, 0.3) is 0 Å². The summed E-state index contributed by atoms with van der Waals surface area (Å²) in [5, 5.41) is 30.6. The Labute approximate surface area is 140 Å². The molecule has 3 aliphatic rings.